The van der Waals surface area contributed by atoms with Gasteiger partial charge in [-0.15, -0.1) is 0 Å². The zero-order chi connectivity index (χ0) is 12.1. The lowest BCUT2D eigenvalue weighted by molar-refractivity contribution is 0.105. The molecule has 0 spiro atoms. The van der Waals surface area contributed by atoms with Gasteiger partial charge in [0.1, 0.15) is 0 Å². The van der Waals surface area contributed by atoms with Gasteiger partial charge in [-0.2, -0.15) is 0 Å². The van der Waals surface area contributed by atoms with E-state index < -0.39 is 0 Å². The zero-order valence-corrected chi connectivity index (χ0v) is 10.9. The van der Waals surface area contributed by atoms with E-state index in [-0.39, 0.29) is 0 Å². The maximum absolute atomic E-state index is 5.57. The van der Waals surface area contributed by atoms with E-state index in [4.69, 9.17) is 4.74 Å². The summed E-state index contributed by atoms with van der Waals surface area (Å²) in [6, 6.07) is 10.7. The predicted octanol–water partition coefficient (Wildman–Crippen LogP) is 2.80. The second kappa shape index (κ2) is 6.18. The first-order chi connectivity index (χ1) is 8.27. The molecular formula is C15H23NO. The van der Waals surface area contributed by atoms with Crippen LogP contribution in [0.3, 0.4) is 0 Å². The second-order valence-electron chi connectivity index (χ2n) is 5.09. The lowest BCUT2D eigenvalue weighted by Gasteiger charge is -2.17. The average molecular weight is 233 g/mol. The molecule has 3 atom stereocenters. The van der Waals surface area contributed by atoms with E-state index in [0.29, 0.717) is 17.9 Å². The fourth-order valence-corrected chi connectivity index (χ4v) is 2.43. The molecule has 1 aromatic rings. The molecule has 3 unspecified atom stereocenters. The van der Waals surface area contributed by atoms with E-state index in [1.807, 2.05) is 0 Å². The Labute approximate surface area is 104 Å². The van der Waals surface area contributed by atoms with Gasteiger partial charge >= 0.3 is 0 Å². The Morgan fingerprint density at radius 2 is 2.12 bits per heavy atom. The van der Waals surface area contributed by atoms with Gasteiger partial charge in [-0.3, -0.25) is 0 Å². The van der Waals surface area contributed by atoms with Crippen LogP contribution >= 0.6 is 0 Å². The highest BCUT2D eigenvalue weighted by Crippen LogP contribution is 2.20. The van der Waals surface area contributed by atoms with E-state index in [9.17, 15) is 0 Å². The highest BCUT2D eigenvalue weighted by molar-refractivity contribution is 5.18. The summed E-state index contributed by atoms with van der Waals surface area (Å²) in [6.07, 6.45) is 1.63. The molecule has 2 rings (SSSR count). The summed E-state index contributed by atoms with van der Waals surface area (Å²) in [4.78, 5) is 0. The lowest BCUT2D eigenvalue weighted by Crippen LogP contribution is -2.29. The number of benzene rings is 1. The molecule has 0 amide bonds. The Hall–Kier alpha value is -0.860. The van der Waals surface area contributed by atoms with Crippen LogP contribution in [0.1, 0.15) is 31.7 Å². The summed E-state index contributed by atoms with van der Waals surface area (Å²) in [5.74, 6) is 1.27. The molecular weight excluding hydrogens is 210 g/mol. The lowest BCUT2D eigenvalue weighted by atomic mass is 10.00. The van der Waals surface area contributed by atoms with Crippen molar-refractivity contribution in [3.05, 3.63) is 35.9 Å². The van der Waals surface area contributed by atoms with Crippen LogP contribution < -0.4 is 5.32 Å². The van der Waals surface area contributed by atoms with Crippen molar-refractivity contribution < 1.29 is 4.74 Å². The Kier molecular flexibility index (Phi) is 4.57. The van der Waals surface area contributed by atoms with Crippen molar-refractivity contribution in [2.45, 2.75) is 32.3 Å². The number of nitrogens with one attached hydrogen (secondary N) is 1. The smallest absolute Gasteiger partial charge is 0.0588 e. The van der Waals surface area contributed by atoms with Gasteiger partial charge in [0.15, 0.2) is 0 Å². The summed E-state index contributed by atoms with van der Waals surface area (Å²) in [5, 5.41) is 3.58. The predicted molar refractivity (Wildman–Crippen MR) is 71.2 cm³/mol. The quantitative estimate of drug-likeness (QED) is 0.844. The fraction of sp³-hybridized carbons (Fsp3) is 0.600. The van der Waals surface area contributed by atoms with Crippen molar-refractivity contribution in [2.75, 3.05) is 19.7 Å². The first kappa shape index (κ1) is 12.6. The van der Waals surface area contributed by atoms with Gasteiger partial charge in [-0.25, -0.2) is 0 Å². The molecule has 0 saturated carbocycles. The van der Waals surface area contributed by atoms with Crippen molar-refractivity contribution in [1.29, 1.82) is 0 Å². The van der Waals surface area contributed by atoms with Crippen LogP contribution in [0.2, 0.25) is 0 Å². The molecule has 1 heterocycles. The standard InChI is InChI=1S/C15H23NO/c1-12(14-6-4-3-5-7-14)10-16-11-15-8-9-17-13(15)2/h3-7,12-13,15-16H,8-11H2,1-2H3. The number of hydrogen-bond acceptors (Lipinski definition) is 2. The van der Waals surface area contributed by atoms with Gasteiger partial charge in [-0.05, 0) is 30.7 Å². The molecule has 17 heavy (non-hydrogen) atoms. The molecule has 2 heteroatoms. The van der Waals surface area contributed by atoms with E-state index in [2.05, 4.69) is 49.5 Å². The van der Waals surface area contributed by atoms with Gasteiger partial charge < -0.3 is 10.1 Å². The third kappa shape index (κ3) is 3.55. The number of hydrogen-bond donors (Lipinski definition) is 1. The van der Waals surface area contributed by atoms with E-state index in [0.717, 1.165) is 19.7 Å². The summed E-state index contributed by atoms with van der Waals surface area (Å²) >= 11 is 0. The third-order valence-electron chi connectivity index (χ3n) is 3.76. The second-order valence-corrected chi connectivity index (χ2v) is 5.09. The molecule has 1 aliphatic heterocycles. The molecule has 0 radical (unpaired) electrons. The Morgan fingerprint density at radius 3 is 2.76 bits per heavy atom. The highest BCUT2D eigenvalue weighted by Gasteiger charge is 2.23. The molecule has 1 fully saturated rings. The Balaban J connectivity index is 1.71. The largest absolute Gasteiger partial charge is 0.378 e. The van der Waals surface area contributed by atoms with Crippen molar-refractivity contribution >= 4 is 0 Å². The first-order valence-electron chi connectivity index (χ1n) is 6.64. The third-order valence-corrected chi connectivity index (χ3v) is 3.76. The molecule has 0 bridgehead atoms. The summed E-state index contributed by atoms with van der Waals surface area (Å²) < 4.78 is 5.57. The van der Waals surface area contributed by atoms with Gasteiger partial charge in [0.05, 0.1) is 6.10 Å². The summed E-state index contributed by atoms with van der Waals surface area (Å²) in [7, 11) is 0. The Bertz CT molecular complexity index is 325. The summed E-state index contributed by atoms with van der Waals surface area (Å²) in [6.45, 7) is 7.52. The van der Waals surface area contributed by atoms with Crippen LogP contribution in [-0.4, -0.2) is 25.8 Å². The summed E-state index contributed by atoms with van der Waals surface area (Å²) in [5.41, 5.74) is 1.41. The van der Waals surface area contributed by atoms with E-state index >= 15 is 0 Å². The van der Waals surface area contributed by atoms with Crippen LogP contribution in [0, 0.1) is 5.92 Å². The molecule has 1 saturated heterocycles. The molecule has 0 aromatic heterocycles. The molecule has 1 aromatic carbocycles. The van der Waals surface area contributed by atoms with E-state index in [1.54, 1.807) is 0 Å². The molecule has 1 aliphatic rings. The van der Waals surface area contributed by atoms with Gasteiger partial charge in [0, 0.05) is 19.7 Å². The van der Waals surface area contributed by atoms with Crippen molar-refractivity contribution in [1.82, 2.24) is 5.32 Å². The maximum atomic E-state index is 5.57. The Morgan fingerprint density at radius 1 is 1.35 bits per heavy atom. The van der Waals surface area contributed by atoms with Gasteiger partial charge in [0.2, 0.25) is 0 Å². The molecule has 1 N–H and O–H groups in total. The minimum absolute atomic E-state index is 0.425. The maximum Gasteiger partial charge on any atom is 0.0588 e. The SMILES string of the molecule is CC(CNCC1CCOC1C)c1ccccc1. The topological polar surface area (TPSA) is 21.3 Å². The average Bonchev–Trinajstić information content (AvgIpc) is 2.76. The highest BCUT2D eigenvalue weighted by atomic mass is 16.5. The van der Waals surface area contributed by atoms with Crippen LogP contribution in [0.4, 0.5) is 0 Å². The van der Waals surface area contributed by atoms with E-state index in [1.165, 1.54) is 12.0 Å². The molecule has 94 valence electrons. The van der Waals surface area contributed by atoms with Crippen LogP contribution in [0.15, 0.2) is 30.3 Å². The monoisotopic (exact) mass is 233 g/mol. The number of rotatable bonds is 5. The zero-order valence-electron chi connectivity index (χ0n) is 10.9. The van der Waals surface area contributed by atoms with Crippen LogP contribution in [0.5, 0.6) is 0 Å². The fourth-order valence-electron chi connectivity index (χ4n) is 2.43. The first-order valence-corrected chi connectivity index (χ1v) is 6.64. The molecule has 0 aliphatic carbocycles. The van der Waals surface area contributed by atoms with Gasteiger partial charge in [-0.1, -0.05) is 37.3 Å². The van der Waals surface area contributed by atoms with Crippen LogP contribution in [0.25, 0.3) is 0 Å². The minimum Gasteiger partial charge on any atom is -0.378 e. The van der Waals surface area contributed by atoms with Crippen molar-refractivity contribution in [3.63, 3.8) is 0 Å². The van der Waals surface area contributed by atoms with Crippen LogP contribution in [-0.2, 0) is 4.74 Å². The van der Waals surface area contributed by atoms with Gasteiger partial charge in [0.25, 0.3) is 0 Å². The minimum atomic E-state index is 0.425. The normalized spacial score (nSPS) is 26.0. The molecule has 2 nitrogen and oxygen atoms in total. The number of ether oxygens (including phenoxy) is 1. The van der Waals surface area contributed by atoms with Crippen molar-refractivity contribution in [2.24, 2.45) is 5.92 Å². The van der Waals surface area contributed by atoms with Crippen molar-refractivity contribution in [3.8, 4) is 0 Å².